The van der Waals surface area contributed by atoms with Crippen LogP contribution in [0.2, 0.25) is 0 Å². The van der Waals surface area contributed by atoms with Gasteiger partial charge in [-0.25, -0.2) is 0 Å². The van der Waals surface area contributed by atoms with Crippen LogP contribution in [-0.2, 0) is 25.5 Å². The fourth-order valence-corrected chi connectivity index (χ4v) is 4.02. The van der Waals surface area contributed by atoms with E-state index in [2.05, 4.69) is 5.32 Å². The van der Waals surface area contributed by atoms with E-state index in [0.29, 0.717) is 12.2 Å². The number of thioether (sulfide) groups is 1. The summed E-state index contributed by atoms with van der Waals surface area (Å²) < 4.78 is 29.4. The summed E-state index contributed by atoms with van der Waals surface area (Å²) in [6, 6.07) is 12.3. The van der Waals surface area contributed by atoms with Crippen molar-refractivity contribution in [2.45, 2.75) is 23.1 Å². The van der Waals surface area contributed by atoms with E-state index in [1.165, 1.54) is 23.9 Å². The molecule has 24 heavy (non-hydrogen) atoms. The first-order valence-electron chi connectivity index (χ1n) is 7.46. The van der Waals surface area contributed by atoms with Crippen molar-refractivity contribution in [3.05, 3.63) is 53.6 Å². The third-order valence-electron chi connectivity index (χ3n) is 3.62. The highest BCUT2D eigenvalue weighted by Gasteiger charge is 2.17. The Labute approximate surface area is 145 Å². The molecule has 1 heterocycles. The van der Waals surface area contributed by atoms with Gasteiger partial charge in [0.05, 0.1) is 22.9 Å². The standard InChI is InChI=1S/C17H17NO4S2/c1-12-2-5-14(6-3-12)24(20,21)22-9-8-13-4-7-16-15(10-13)18-17(19)11-23-16/h2-7,10H,8-9,11H2,1H3,(H,18,19). The molecule has 0 saturated carbocycles. The second kappa shape index (κ2) is 6.96. The van der Waals surface area contributed by atoms with Crippen LogP contribution in [0.1, 0.15) is 11.1 Å². The topological polar surface area (TPSA) is 72.5 Å². The summed E-state index contributed by atoms with van der Waals surface area (Å²) >= 11 is 1.49. The monoisotopic (exact) mass is 363 g/mol. The molecule has 1 aliphatic rings. The van der Waals surface area contributed by atoms with Crippen LogP contribution in [0.4, 0.5) is 5.69 Å². The molecule has 1 amide bonds. The molecule has 0 spiro atoms. The van der Waals surface area contributed by atoms with Gasteiger partial charge in [0.15, 0.2) is 0 Å². The molecule has 0 atom stereocenters. The van der Waals surface area contributed by atoms with Crippen molar-refractivity contribution in [3.8, 4) is 0 Å². The van der Waals surface area contributed by atoms with Crippen LogP contribution in [0.5, 0.6) is 0 Å². The highest BCUT2D eigenvalue weighted by atomic mass is 32.2. The first-order chi connectivity index (χ1) is 11.4. The van der Waals surface area contributed by atoms with E-state index in [4.69, 9.17) is 4.18 Å². The summed E-state index contributed by atoms with van der Waals surface area (Å²) in [5, 5.41) is 2.82. The zero-order valence-corrected chi connectivity index (χ0v) is 14.7. The first kappa shape index (κ1) is 17.0. The molecular formula is C17H17NO4S2. The molecule has 5 nitrogen and oxygen atoms in total. The summed E-state index contributed by atoms with van der Waals surface area (Å²) in [4.78, 5) is 12.6. The van der Waals surface area contributed by atoms with Gasteiger partial charge < -0.3 is 5.32 Å². The number of rotatable bonds is 5. The summed E-state index contributed by atoms with van der Waals surface area (Å²) in [6.45, 7) is 1.94. The van der Waals surface area contributed by atoms with E-state index < -0.39 is 10.1 Å². The molecule has 126 valence electrons. The molecule has 0 bridgehead atoms. The molecule has 0 radical (unpaired) electrons. The number of benzene rings is 2. The van der Waals surface area contributed by atoms with E-state index in [0.717, 1.165) is 21.7 Å². The Kier molecular flexibility index (Phi) is 4.93. The van der Waals surface area contributed by atoms with Crippen molar-refractivity contribution in [1.29, 1.82) is 0 Å². The van der Waals surface area contributed by atoms with Gasteiger partial charge in [-0.05, 0) is 43.2 Å². The molecule has 0 aliphatic carbocycles. The lowest BCUT2D eigenvalue weighted by atomic mass is 10.1. The van der Waals surface area contributed by atoms with Crippen LogP contribution in [0.3, 0.4) is 0 Å². The maximum absolute atomic E-state index is 12.1. The Morgan fingerprint density at radius 2 is 1.92 bits per heavy atom. The number of nitrogens with one attached hydrogen (secondary N) is 1. The summed E-state index contributed by atoms with van der Waals surface area (Å²) in [5.74, 6) is 0.396. The molecular weight excluding hydrogens is 346 g/mol. The number of amides is 1. The van der Waals surface area contributed by atoms with Crippen LogP contribution >= 0.6 is 11.8 Å². The molecule has 0 aromatic heterocycles. The SMILES string of the molecule is Cc1ccc(S(=O)(=O)OCCc2ccc3c(c2)NC(=O)CS3)cc1. The largest absolute Gasteiger partial charge is 0.324 e. The molecule has 2 aromatic carbocycles. The number of hydrogen-bond donors (Lipinski definition) is 1. The lowest BCUT2D eigenvalue weighted by molar-refractivity contribution is -0.113. The highest BCUT2D eigenvalue weighted by molar-refractivity contribution is 8.00. The van der Waals surface area contributed by atoms with Crippen molar-refractivity contribution in [2.24, 2.45) is 0 Å². The molecule has 1 N–H and O–H groups in total. The maximum Gasteiger partial charge on any atom is 0.296 e. The highest BCUT2D eigenvalue weighted by Crippen LogP contribution is 2.32. The van der Waals surface area contributed by atoms with Crippen LogP contribution in [-0.4, -0.2) is 26.7 Å². The predicted molar refractivity (Wildman–Crippen MR) is 93.8 cm³/mol. The lowest BCUT2D eigenvalue weighted by Gasteiger charge is -2.17. The number of fused-ring (bicyclic) bond motifs is 1. The summed E-state index contributed by atoms with van der Waals surface area (Å²) in [7, 11) is -3.75. The number of hydrogen-bond acceptors (Lipinski definition) is 5. The van der Waals surface area contributed by atoms with E-state index in [1.807, 2.05) is 25.1 Å². The molecule has 0 fully saturated rings. The second-order valence-corrected chi connectivity index (χ2v) is 8.14. The average molecular weight is 363 g/mol. The predicted octanol–water partition coefficient (Wildman–Crippen LogP) is 2.99. The van der Waals surface area contributed by atoms with Crippen LogP contribution in [0.25, 0.3) is 0 Å². The number of aryl methyl sites for hydroxylation is 1. The molecule has 3 rings (SSSR count). The molecule has 2 aromatic rings. The van der Waals surface area contributed by atoms with Gasteiger partial charge in [0.25, 0.3) is 10.1 Å². The lowest BCUT2D eigenvalue weighted by Crippen LogP contribution is -2.18. The smallest absolute Gasteiger partial charge is 0.296 e. The van der Waals surface area contributed by atoms with Crippen LogP contribution < -0.4 is 5.32 Å². The van der Waals surface area contributed by atoms with Gasteiger partial charge >= 0.3 is 0 Å². The quantitative estimate of drug-likeness (QED) is 0.827. The minimum Gasteiger partial charge on any atom is -0.324 e. The zero-order chi connectivity index (χ0) is 17.2. The Morgan fingerprint density at radius 1 is 1.17 bits per heavy atom. The number of anilines is 1. The van der Waals surface area contributed by atoms with Gasteiger partial charge in [0, 0.05) is 4.90 Å². The fourth-order valence-electron chi connectivity index (χ4n) is 2.33. The third-order valence-corrected chi connectivity index (χ3v) is 6.02. The number of carbonyl (C=O) groups is 1. The average Bonchev–Trinajstić information content (AvgIpc) is 2.54. The van der Waals surface area contributed by atoms with Crippen LogP contribution in [0, 0.1) is 6.92 Å². The van der Waals surface area contributed by atoms with Gasteiger partial charge in [-0.3, -0.25) is 8.98 Å². The van der Waals surface area contributed by atoms with Crippen molar-refractivity contribution in [2.75, 3.05) is 17.7 Å². The molecule has 0 unspecified atom stereocenters. The summed E-state index contributed by atoms with van der Waals surface area (Å²) in [5.41, 5.74) is 2.67. The Bertz CT molecular complexity index is 861. The molecule has 0 saturated heterocycles. The minimum absolute atomic E-state index is 0.0251. The Hall–Kier alpha value is -1.83. The van der Waals surface area contributed by atoms with E-state index >= 15 is 0 Å². The van der Waals surface area contributed by atoms with Gasteiger partial charge in [-0.2, -0.15) is 8.42 Å². The Morgan fingerprint density at radius 3 is 2.67 bits per heavy atom. The Balaban J connectivity index is 1.63. The van der Waals surface area contributed by atoms with E-state index in [-0.39, 0.29) is 17.4 Å². The normalized spacial score (nSPS) is 14.1. The first-order valence-corrected chi connectivity index (χ1v) is 9.85. The fraction of sp³-hybridized carbons (Fsp3) is 0.235. The summed E-state index contributed by atoms with van der Waals surface area (Å²) in [6.07, 6.45) is 0.443. The van der Waals surface area contributed by atoms with Crippen LogP contribution in [0.15, 0.2) is 52.3 Å². The molecule has 7 heteroatoms. The van der Waals surface area contributed by atoms with Gasteiger partial charge in [0.2, 0.25) is 5.91 Å². The van der Waals surface area contributed by atoms with Crippen molar-refractivity contribution < 1.29 is 17.4 Å². The van der Waals surface area contributed by atoms with Crippen molar-refractivity contribution >= 4 is 33.5 Å². The second-order valence-electron chi connectivity index (χ2n) is 5.51. The molecule has 1 aliphatic heterocycles. The van der Waals surface area contributed by atoms with Gasteiger partial charge in [-0.15, -0.1) is 11.8 Å². The van der Waals surface area contributed by atoms with Crippen molar-refractivity contribution in [3.63, 3.8) is 0 Å². The van der Waals surface area contributed by atoms with Gasteiger partial charge in [0.1, 0.15) is 0 Å². The third kappa shape index (κ3) is 3.98. The minimum atomic E-state index is -3.75. The maximum atomic E-state index is 12.1. The zero-order valence-electron chi connectivity index (χ0n) is 13.1. The van der Waals surface area contributed by atoms with Crippen molar-refractivity contribution in [1.82, 2.24) is 0 Å². The van der Waals surface area contributed by atoms with Gasteiger partial charge in [-0.1, -0.05) is 23.8 Å². The number of carbonyl (C=O) groups excluding carboxylic acids is 1. The van der Waals surface area contributed by atoms with E-state index in [9.17, 15) is 13.2 Å². The van der Waals surface area contributed by atoms with E-state index in [1.54, 1.807) is 12.1 Å².